The van der Waals surface area contributed by atoms with Crippen molar-refractivity contribution in [2.75, 3.05) is 40.8 Å². The Kier molecular flexibility index (Phi) is 5.37. The lowest BCUT2D eigenvalue weighted by Gasteiger charge is -2.31. The maximum absolute atomic E-state index is 12.6. The van der Waals surface area contributed by atoms with Crippen LogP contribution >= 0.6 is 0 Å². The van der Waals surface area contributed by atoms with E-state index in [1.54, 1.807) is 20.3 Å². The van der Waals surface area contributed by atoms with Gasteiger partial charge in [0.05, 0.1) is 6.20 Å². The van der Waals surface area contributed by atoms with Gasteiger partial charge < -0.3 is 10.2 Å². The van der Waals surface area contributed by atoms with Crippen LogP contribution in [0, 0.1) is 5.92 Å². The zero-order valence-corrected chi connectivity index (χ0v) is 13.8. The molecule has 0 aromatic carbocycles. The van der Waals surface area contributed by atoms with Crippen molar-refractivity contribution in [1.29, 1.82) is 0 Å². The quantitative estimate of drug-likeness (QED) is 0.778. The molecule has 21 heavy (non-hydrogen) atoms. The molecule has 1 fully saturated rings. The molecule has 1 aromatic heterocycles. The van der Waals surface area contributed by atoms with Crippen molar-refractivity contribution < 1.29 is 8.42 Å². The molecule has 0 unspecified atom stereocenters. The zero-order valence-electron chi connectivity index (χ0n) is 13.0. The number of rotatable bonds is 6. The van der Waals surface area contributed by atoms with Gasteiger partial charge in [0.1, 0.15) is 0 Å². The number of likely N-dealkylation sites (tertiary alicyclic amines) is 1. The van der Waals surface area contributed by atoms with Crippen molar-refractivity contribution in [2.45, 2.75) is 24.4 Å². The van der Waals surface area contributed by atoms with E-state index in [0.29, 0.717) is 24.6 Å². The lowest BCUT2D eigenvalue weighted by molar-refractivity contribution is 0.202. The van der Waals surface area contributed by atoms with Gasteiger partial charge in [-0.15, -0.1) is 0 Å². The number of hydrogen-bond donors (Lipinski definition) is 2. The van der Waals surface area contributed by atoms with Crippen LogP contribution in [0.3, 0.4) is 0 Å². The minimum Gasteiger partial charge on any atom is -0.316 e. The first-order chi connectivity index (χ1) is 9.95. The number of aromatic amines is 1. The van der Waals surface area contributed by atoms with Gasteiger partial charge in [0.2, 0.25) is 0 Å². The summed E-state index contributed by atoms with van der Waals surface area (Å²) in [6.45, 7) is 3.11. The summed E-state index contributed by atoms with van der Waals surface area (Å²) in [5.41, 5.74) is 0.674. The third kappa shape index (κ3) is 3.82. The van der Waals surface area contributed by atoms with Gasteiger partial charge in [-0.05, 0) is 45.9 Å². The average molecular weight is 315 g/mol. The molecular weight excluding hydrogens is 290 g/mol. The Balaban J connectivity index is 2.06. The maximum atomic E-state index is 12.6. The molecule has 8 heteroatoms. The van der Waals surface area contributed by atoms with Crippen LogP contribution < -0.4 is 5.32 Å². The summed E-state index contributed by atoms with van der Waals surface area (Å²) < 4.78 is 26.7. The topological polar surface area (TPSA) is 81.3 Å². The SMILES string of the molecule is CNCc1cn[nH]c1S(=O)(=O)N(C)CC1CCN(C)CC1. The molecule has 0 bridgehead atoms. The van der Waals surface area contributed by atoms with Crippen LogP contribution in [0.25, 0.3) is 0 Å². The van der Waals surface area contributed by atoms with E-state index in [0.717, 1.165) is 25.9 Å². The van der Waals surface area contributed by atoms with E-state index in [1.807, 2.05) is 0 Å². The second kappa shape index (κ2) is 6.87. The fourth-order valence-corrected chi connectivity index (χ4v) is 4.04. The molecule has 0 amide bonds. The van der Waals surface area contributed by atoms with E-state index < -0.39 is 10.0 Å². The number of nitrogens with zero attached hydrogens (tertiary/aromatic N) is 3. The van der Waals surface area contributed by atoms with E-state index >= 15 is 0 Å². The van der Waals surface area contributed by atoms with Crippen molar-refractivity contribution in [3.63, 3.8) is 0 Å². The molecule has 1 aromatic rings. The number of nitrogens with one attached hydrogen (secondary N) is 2. The van der Waals surface area contributed by atoms with Crippen molar-refractivity contribution >= 4 is 10.0 Å². The molecule has 2 N–H and O–H groups in total. The smallest absolute Gasteiger partial charge is 0.260 e. The molecule has 0 atom stereocenters. The molecule has 120 valence electrons. The first-order valence-corrected chi connectivity index (χ1v) is 8.71. The largest absolute Gasteiger partial charge is 0.316 e. The van der Waals surface area contributed by atoms with Gasteiger partial charge in [-0.25, -0.2) is 8.42 Å². The van der Waals surface area contributed by atoms with Crippen LogP contribution in [-0.2, 0) is 16.6 Å². The Morgan fingerprint density at radius 1 is 1.48 bits per heavy atom. The Morgan fingerprint density at radius 3 is 2.76 bits per heavy atom. The Bertz CT molecular complexity index is 549. The van der Waals surface area contributed by atoms with Crippen LogP contribution in [0.15, 0.2) is 11.2 Å². The van der Waals surface area contributed by atoms with Gasteiger partial charge in [-0.2, -0.15) is 9.40 Å². The normalized spacial score (nSPS) is 18.5. The van der Waals surface area contributed by atoms with Gasteiger partial charge in [0.15, 0.2) is 5.03 Å². The van der Waals surface area contributed by atoms with Crippen molar-refractivity contribution in [3.8, 4) is 0 Å². The predicted molar refractivity (Wildman–Crippen MR) is 81.4 cm³/mol. The number of piperidine rings is 1. The number of H-pyrrole nitrogens is 1. The molecule has 2 heterocycles. The summed E-state index contributed by atoms with van der Waals surface area (Å²) in [5.74, 6) is 0.427. The molecular formula is C13H25N5O2S. The third-order valence-electron chi connectivity index (χ3n) is 4.07. The highest BCUT2D eigenvalue weighted by Crippen LogP contribution is 2.21. The molecule has 1 saturated heterocycles. The zero-order chi connectivity index (χ0) is 15.5. The van der Waals surface area contributed by atoms with Gasteiger partial charge in [-0.1, -0.05) is 0 Å². The third-order valence-corrected chi connectivity index (χ3v) is 5.91. The first-order valence-electron chi connectivity index (χ1n) is 7.27. The standard InChI is InChI=1S/C13H25N5O2S/c1-14-8-12-9-15-16-13(12)21(19,20)18(3)10-11-4-6-17(2)7-5-11/h9,11,14H,4-8,10H2,1-3H3,(H,15,16). The molecule has 7 nitrogen and oxygen atoms in total. The van der Waals surface area contributed by atoms with Crippen molar-refractivity contribution in [1.82, 2.24) is 24.7 Å². The van der Waals surface area contributed by atoms with E-state index in [2.05, 4.69) is 27.5 Å². The van der Waals surface area contributed by atoms with Crippen molar-refractivity contribution in [2.24, 2.45) is 5.92 Å². The molecule has 2 rings (SSSR count). The minimum absolute atomic E-state index is 0.201. The molecule has 1 aliphatic rings. The van der Waals surface area contributed by atoms with E-state index in [9.17, 15) is 8.42 Å². The lowest BCUT2D eigenvalue weighted by atomic mass is 9.97. The summed E-state index contributed by atoms with van der Waals surface area (Å²) in [4.78, 5) is 2.28. The van der Waals surface area contributed by atoms with Crippen LogP contribution in [0.5, 0.6) is 0 Å². The van der Waals surface area contributed by atoms with Crippen molar-refractivity contribution in [3.05, 3.63) is 11.8 Å². The van der Waals surface area contributed by atoms with Gasteiger partial charge in [0, 0.05) is 25.7 Å². The van der Waals surface area contributed by atoms with Crippen LogP contribution in [-0.4, -0.2) is 68.6 Å². The highest BCUT2D eigenvalue weighted by molar-refractivity contribution is 7.89. The van der Waals surface area contributed by atoms with Crippen LogP contribution in [0.2, 0.25) is 0 Å². The summed E-state index contributed by atoms with van der Waals surface area (Å²) in [7, 11) is 2.04. The number of aromatic nitrogens is 2. The monoisotopic (exact) mass is 315 g/mol. The molecule has 1 aliphatic heterocycles. The second-order valence-corrected chi connectivity index (χ2v) is 7.77. The second-order valence-electron chi connectivity index (χ2n) is 5.79. The van der Waals surface area contributed by atoms with Gasteiger partial charge >= 0.3 is 0 Å². The molecule has 0 aliphatic carbocycles. The van der Waals surface area contributed by atoms with E-state index in [-0.39, 0.29) is 5.03 Å². The van der Waals surface area contributed by atoms with Crippen LogP contribution in [0.4, 0.5) is 0 Å². The first kappa shape index (κ1) is 16.4. The van der Waals surface area contributed by atoms with Crippen LogP contribution in [0.1, 0.15) is 18.4 Å². The van der Waals surface area contributed by atoms with Gasteiger partial charge in [0.25, 0.3) is 10.0 Å². The average Bonchev–Trinajstić information content (AvgIpc) is 2.90. The van der Waals surface area contributed by atoms with E-state index in [4.69, 9.17) is 0 Å². The predicted octanol–water partition coefficient (Wildman–Crippen LogP) is 0.0914. The van der Waals surface area contributed by atoms with Gasteiger partial charge in [-0.3, -0.25) is 5.10 Å². The van der Waals surface area contributed by atoms with E-state index in [1.165, 1.54) is 4.31 Å². The Labute approximate surface area is 126 Å². The fraction of sp³-hybridized carbons (Fsp3) is 0.769. The number of sulfonamides is 1. The summed E-state index contributed by atoms with van der Waals surface area (Å²) in [6, 6.07) is 0. The highest BCUT2D eigenvalue weighted by Gasteiger charge is 2.28. The summed E-state index contributed by atoms with van der Waals surface area (Å²) in [5, 5.41) is 9.66. The maximum Gasteiger partial charge on any atom is 0.260 e. The summed E-state index contributed by atoms with van der Waals surface area (Å²) >= 11 is 0. The minimum atomic E-state index is -3.50. The molecule has 0 radical (unpaired) electrons. The lowest BCUT2D eigenvalue weighted by Crippen LogP contribution is -2.38. The summed E-state index contributed by atoms with van der Waals surface area (Å²) in [6.07, 6.45) is 3.65. The Morgan fingerprint density at radius 2 is 2.14 bits per heavy atom. The highest BCUT2D eigenvalue weighted by atomic mass is 32.2. The molecule has 0 spiro atoms. The molecule has 0 saturated carbocycles. The number of hydrogen-bond acceptors (Lipinski definition) is 5. The fourth-order valence-electron chi connectivity index (χ4n) is 2.70. The Hall–Kier alpha value is -0.960.